The molecule has 1 heterocycles. The first kappa shape index (κ1) is 33.8. The van der Waals surface area contributed by atoms with E-state index in [-0.39, 0.29) is 23.9 Å². The molecule has 10 heteroatoms. The summed E-state index contributed by atoms with van der Waals surface area (Å²) >= 11 is 1.29. The predicted molar refractivity (Wildman–Crippen MR) is 194 cm³/mol. The van der Waals surface area contributed by atoms with Gasteiger partial charge < -0.3 is 20.1 Å². The monoisotopic (exact) mass is 683 g/mol. The molecule has 0 aliphatic carbocycles. The van der Waals surface area contributed by atoms with Gasteiger partial charge in [-0.05, 0) is 90.0 Å². The molecule has 4 amide bonds. The van der Waals surface area contributed by atoms with Gasteiger partial charge in [-0.25, -0.2) is 4.90 Å². The number of amides is 4. The van der Waals surface area contributed by atoms with Crippen LogP contribution < -0.4 is 25.0 Å². The molecule has 50 heavy (non-hydrogen) atoms. The van der Waals surface area contributed by atoms with Gasteiger partial charge in [0.15, 0.2) is 0 Å². The minimum absolute atomic E-state index is 0.0453. The Morgan fingerprint density at radius 2 is 1.44 bits per heavy atom. The Labute approximate surface area is 293 Å². The minimum atomic E-state index is -0.581. The quantitative estimate of drug-likeness (QED) is 0.106. The third-order valence-electron chi connectivity index (χ3n) is 7.79. The first-order valence-electron chi connectivity index (χ1n) is 15.8. The molecule has 5 aromatic rings. The Morgan fingerprint density at radius 3 is 2.10 bits per heavy atom. The molecule has 1 aliphatic rings. The van der Waals surface area contributed by atoms with Crippen molar-refractivity contribution in [2.45, 2.75) is 23.2 Å². The third kappa shape index (κ3) is 8.47. The van der Waals surface area contributed by atoms with Crippen LogP contribution in [0.5, 0.6) is 11.5 Å². The zero-order valence-electron chi connectivity index (χ0n) is 27.1. The van der Waals surface area contributed by atoms with Gasteiger partial charge in [0.05, 0.1) is 18.0 Å². The van der Waals surface area contributed by atoms with Gasteiger partial charge in [-0.1, -0.05) is 60.7 Å². The van der Waals surface area contributed by atoms with Crippen LogP contribution in [-0.2, 0) is 21.0 Å². The fraction of sp³-hybridized carbons (Fsp3) is 0.100. The van der Waals surface area contributed by atoms with E-state index in [2.05, 4.69) is 10.6 Å². The minimum Gasteiger partial charge on any atom is -0.497 e. The number of hydrogen-bond acceptors (Lipinski definition) is 7. The molecule has 1 aliphatic heterocycles. The second-order valence-corrected chi connectivity index (χ2v) is 12.6. The summed E-state index contributed by atoms with van der Waals surface area (Å²) in [4.78, 5) is 54.5. The van der Waals surface area contributed by atoms with Crippen molar-refractivity contribution in [1.82, 2.24) is 5.32 Å². The molecule has 1 saturated heterocycles. The number of methoxy groups -OCH3 is 1. The van der Waals surface area contributed by atoms with Crippen LogP contribution in [0.4, 0.5) is 11.4 Å². The van der Waals surface area contributed by atoms with Crippen molar-refractivity contribution in [2.24, 2.45) is 0 Å². The number of imide groups is 1. The number of nitrogens with one attached hydrogen (secondary N) is 2. The van der Waals surface area contributed by atoms with Crippen molar-refractivity contribution in [1.29, 1.82) is 0 Å². The summed E-state index contributed by atoms with van der Waals surface area (Å²) in [6, 6.07) is 39.4. The van der Waals surface area contributed by atoms with Crippen molar-refractivity contribution in [3.63, 3.8) is 0 Å². The van der Waals surface area contributed by atoms with Gasteiger partial charge in [-0.3, -0.25) is 19.2 Å². The molecule has 1 atom stereocenters. The van der Waals surface area contributed by atoms with E-state index in [1.165, 1.54) is 16.7 Å². The van der Waals surface area contributed by atoms with Crippen LogP contribution in [0.3, 0.4) is 0 Å². The summed E-state index contributed by atoms with van der Waals surface area (Å²) in [7, 11) is 1.55. The Morgan fingerprint density at radius 1 is 0.800 bits per heavy atom. The summed E-state index contributed by atoms with van der Waals surface area (Å²) in [5.74, 6) is -0.215. The highest BCUT2D eigenvalue weighted by Crippen LogP contribution is 2.35. The Balaban J connectivity index is 1.12. The number of rotatable bonds is 12. The van der Waals surface area contributed by atoms with Crippen LogP contribution in [-0.4, -0.2) is 36.0 Å². The fourth-order valence-electron chi connectivity index (χ4n) is 5.19. The lowest BCUT2D eigenvalue weighted by Crippen LogP contribution is -2.31. The third-order valence-corrected chi connectivity index (χ3v) is 8.99. The highest BCUT2D eigenvalue weighted by Gasteiger charge is 2.40. The summed E-state index contributed by atoms with van der Waals surface area (Å²) in [6.07, 6.45) is 1.67. The number of benzene rings is 5. The van der Waals surface area contributed by atoms with Crippen molar-refractivity contribution < 1.29 is 28.7 Å². The van der Waals surface area contributed by atoms with E-state index in [4.69, 9.17) is 9.47 Å². The van der Waals surface area contributed by atoms with Gasteiger partial charge >= 0.3 is 0 Å². The lowest BCUT2D eigenvalue weighted by Gasteiger charge is -2.15. The topological polar surface area (TPSA) is 114 Å². The van der Waals surface area contributed by atoms with Crippen molar-refractivity contribution in [2.75, 3.05) is 17.3 Å². The van der Waals surface area contributed by atoms with Gasteiger partial charge in [0, 0.05) is 22.6 Å². The number of nitrogens with zero attached hydrogens (tertiary/aromatic N) is 1. The molecule has 0 spiro atoms. The lowest BCUT2D eigenvalue weighted by molar-refractivity contribution is -0.121. The Bertz CT molecular complexity index is 2000. The van der Waals surface area contributed by atoms with Crippen LogP contribution in [0, 0.1) is 0 Å². The van der Waals surface area contributed by atoms with E-state index in [1.54, 1.807) is 116 Å². The molecule has 0 radical (unpaired) electrons. The largest absolute Gasteiger partial charge is 0.497 e. The van der Waals surface area contributed by atoms with Crippen molar-refractivity contribution in [3.8, 4) is 11.5 Å². The molecular formula is C40H33N3O6S. The molecule has 5 aromatic carbocycles. The first-order chi connectivity index (χ1) is 24.4. The fourth-order valence-corrected chi connectivity index (χ4v) is 6.24. The number of carbonyl (C=O) groups excluding carboxylic acids is 4. The normalized spacial score (nSPS) is 14.3. The van der Waals surface area contributed by atoms with Gasteiger partial charge in [0.1, 0.15) is 23.8 Å². The number of anilines is 2. The Hall–Kier alpha value is -6.13. The van der Waals surface area contributed by atoms with Crippen LogP contribution in [0.1, 0.15) is 27.9 Å². The summed E-state index contributed by atoms with van der Waals surface area (Å²) in [6.45, 7) is 0.422. The van der Waals surface area contributed by atoms with E-state index in [9.17, 15) is 19.2 Å². The number of thioether (sulfide) groups is 1. The van der Waals surface area contributed by atoms with E-state index < -0.39 is 17.1 Å². The molecule has 9 nitrogen and oxygen atoms in total. The highest BCUT2D eigenvalue weighted by molar-refractivity contribution is 8.00. The second-order valence-electron chi connectivity index (χ2n) is 11.3. The average Bonchev–Trinajstić information content (AvgIpc) is 3.43. The van der Waals surface area contributed by atoms with Gasteiger partial charge in [-0.15, -0.1) is 11.8 Å². The number of ether oxygens (including phenoxy) is 2. The standard InChI is InChI=1S/C40H33N3O6S/c1-48-32-20-16-31(17-21-32)43-37(44)25-36(40(43)47)50-34-22-14-30(15-23-34)41-39(46)35(42-38(45)29-10-6-3-7-11-29)24-27-12-18-33(19-13-27)49-26-28-8-4-2-5-9-28/h2-24,36H,25-26H2,1H3,(H,41,46)(H,42,45)/b35-24-. The van der Waals surface area contributed by atoms with Crippen LogP contribution in [0.2, 0.25) is 0 Å². The maximum Gasteiger partial charge on any atom is 0.272 e. The molecule has 0 saturated carbocycles. The Kier molecular flexibility index (Phi) is 10.7. The van der Waals surface area contributed by atoms with Crippen LogP contribution in [0.15, 0.2) is 144 Å². The maximum atomic E-state index is 13.5. The molecule has 1 fully saturated rings. The zero-order valence-corrected chi connectivity index (χ0v) is 27.9. The van der Waals surface area contributed by atoms with E-state index in [1.807, 2.05) is 30.3 Å². The molecule has 6 rings (SSSR count). The summed E-state index contributed by atoms with van der Waals surface area (Å²) in [5, 5.41) is 5.02. The molecule has 250 valence electrons. The zero-order chi connectivity index (χ0) is 34.9. The molecule has 0 bridgehead atoms. The van der Waals surface area contributed by atoms with Crippen LogP contribution in [0.25, 0.3) is 6.08 Å². The van der Waals surface area contributed by atoms with E-state index in [0.717, 1.165) is 10.5 Å². The maximum absolute atomic E-state index is 13.5. The summed E-state index contributed by atoms with van der Waals surface area (Å²) in [5.41, 5.74) is 3.16. The smallest absolute Gasteiger partial charge is 0.272 e. The molecule has 1 unspecified atom stereocenters. The molecule has 0 aromatic heterocycles. The van der Waals surface area contributed by atoms with Gasteiger partial charge in [-0.2, -0.15) is 0 Å². The SMILES string of the molecule is COc1ccc(N2C(=O)CC(Sc3ccc(NC(=O)/C(=C/c4ccc(OCc5ccccc5)cc4)NC(=O)c4ccccc4)cc3)C2=O)cc1. The number of hydrogen-bond donors (Lipinski definition) is 2. The lowest BCUT2D eigenvalue weighted by atomic mass is 10.1. The van der Waals surface area contributed by atoms with Crippen molar-refractivity contribution >= 4 is 52.8 Å². The average molecular weight is 684 g/mol. The van der Waals surface area contributed by atoms with Gasteiger partial charge in [0.2, 0.25) is 11.8 Å². The highest BCUT2D eigenvalue weighted by atomic mass is 32.2. The summed E-state index contributed by atoms with van der Waals surface area (Å²) < 4.78 is 11.1. The van der Waals surface area contributed by atoms with Crippen LogP contribution >= 0.6 is 11.8 Å². The van der Waals surface area contributed by atoms with Crippen molar-refractivity contribution in [3.05, 3.63) is 156 Å². The van der Waals surface area contributed by atoms with E-state index >= 15 is 0 Å². The number of carbonyl (C=O) groups is 4. The van der Waals surface area contributed by atoms with E-state index in [0.29, 0.717) is 40.6 Å². The predicted octanol–water partition coefficient (Wildman–Crippen LogP) is 7.11. The van der Waals surface area contributed by atoms with Gasteiger partial charge in [0.25, 0.3) is 11.8 Å². The molecule has 2 N–H and O–H groups in total. The molecular weight excluding hydrogens is 651 g/mol. The second kappa shape index (κ2) is 15.8. The first-order valence-corrected chi connectivity index (χ1v) is 16.7.